The number of halogens is 1. The van der Waals surface area contributed by atoms with Gasteiger partial charge in [0.1, 0.15) is 5.75 Å². The van der Waals surface area contributed by atoms with Crippen LogP contribution in [0.15, 0.2) is 29.3 Å². The molecule has 6 nitrogen and oxygen atoms in total. The van der Waals surface area contributed by atoms with Gasteiger partial charge >= 0.3 is 0 Å². The third-order valence-electron chi connectivity index (χ3n) is 4.45. The van der Waals surface area contributed by atoms with Gasteiger partial charge in [-0.05, 0) is 39.3 Å². The van der Waals surface area contributed by atoms with Gasteiger partial charge in [0, 0.05) is 26.7 Å². The van der Waals surface area contributed by atoms with Crippen molar-refractivity contribution in [2.45, 2.75) is 31.9 Å². The summed E-state index contributed by atoms with van der Waals surface area (Å²) < 4.78 is 29.2. The molecule has 0 amide bonds. The Hall–Kier alpha value is -1.03. The largest absolute Gasteiger partial charge is 0.494 e. The zero-order chi connectivity index (χ0) is 18.5. The third-order valence-corrected chi connectivity index (χ3v) is 6.98. The second kappa shape index (κ2) is 9.77. The van der Waals surface area contributed by atoms with E-state index in [0.717, 1.165) is 24.7 Å². The summed E-state index contributed by atoms with van der Waals surface area (Å²) in [5, 5.41) is 3.30. The summed E-state index contributed by atoms with van der Waals surface area (Å²) >= 11 is 0. The van der Waals surface area contributed by atoms with Crippen LogP contribution in [0.25, 0.3) is 0 Å². The Labute approximate surface area is 174 Å². The van der Waals surface area contributed by atoms with Gasteiger partial charge in [0.2, 0.25) is 0 Å². The molecule has 2 rings (SSSR count). The van der Waals surface area contributed by atoms with Crippen molar-refractivity contribution in [3.63, 3.8) is 0 Å². The number of ether oxygens (including phenoxy) is 1. The molecule has 148 valence electrons. The summed E-state index contributed by atoms with van der Waals surface area (Å²) in [6, 6.07) is 8.00. The number of hydrogen-bond donors (Lipinski definition) is 1. The van der Waals surface area contributed by atoms with Gasteiger partial charge in [0.05, 0.1) is 17.1 Å². The first-order valence-electron chi connectivity index (χ1n) is 8.62. The quantitative estimate of drug-likeness (QED) is 0.294. The van der Waals surface area contributed by atoms with Crippen LogP contribution in [0.2, 0.25) is 0 Å². The highest BCUT2D eigenvalue weighted by atomic mass is 127. The minimum absolute atomic E-state index is 0. The van der Waals surface area contributed by atoms with E-state index in [4.69, 9.17) is 4.74 Å². The average molecular weight is 495 g/mol. The number of hydrogen-bond acceptors (Lipinski definition) is 4. The number of guanidine groups is 1. The molecule has 1 fully saturated rings. The second-order valence-corrected chi connectivity index (χ2v) is 9.73. The van der Waals surface area contributed by atoms with E-state index < -0.39 is 14.6 Å². The lowest BCUT2D eigenvalue weighted by atomic mass is 10.2. The zero-order valence-corrected chi connectivity index (χ0v) is 19.1. The van der Waals surface area contributed by atoms with Gasteiger partial charge in [0.15, 0.2) is 15.8 Å². The van der Waals surface area contributed by atoms with Crippen LogP contribution in [0.4, 0.5) is 0 Å². The van der Waals surface area contributed by atoms with E-state index >= 15 is 0 Å². The molecule has 0 bridgehead atoms. The maximum Gasteiger partial charge on any atom is 0.193 e. The topological polar surface area (TPSA) is 71.0 Å². The lowest BCUT2D eigenvalue weighted by molar-refractivity contribution is 0.308. The van der Waals surface area contributed by atoms with Gasteiger partial charge in [-0.2, -0.15) is 0 Å². The van der Waals surface area contributed by atoms with E-state index in [9.17, 15) is 8.42 Å². The molecule has 0 aliphatic carbocycles. The van der Waals surface area contributed by atoms with E-state index in [1.165, 1.54) is 5.56 Å². The van der Waals surface area contributed by atoms with E-state index in [-0.39, 0.29) is 29.7 Å². The van der Waals surface area contributed by atoms with Crippen LogP contribution in [0.5, 0.6) is 5.75 Å². The first kappa shape index (κ1) is 23.0. The van der Waals surface area contributed by atoms with Crippen LogP contribution in [-0.2, 0) is 9.84 Å². The van der Waals surface area contributed by atoms with Crippen molar-refractivity contribution < 1.29 is 13.2 Å². The molecule has 1 N–H and O–H groups in total. The molecule has 1 aliphatic heterocycles. The first-order chi connectivity index (χ1) is 11.7. The highest BCUT2D eigenvalue weighted by molar-refractivity contribution is 14.0. The fourth-order valence-electron chi connectivity index (χ4n) is 2.75. The average Bonchev–Trinajstić information content (AvgIpc) is 2.55. The van der Waals surface area contributed by atoms with Gasteiger partial charge in [-0.1, -0.05) is 17.7 Å². The SMILES string of the molecule is CN=C(NCCCOc1ccc(C)cc1)N1CCS(=O)(=O)C(C)(C)C1.I. The number of benzene rings is 1. The Morgan fingerprint density at radius 1 is 1.31 bits per heavy atom. The van der Waals surface area contributed by atoms with Crippen LogP contribution in [-0.4, -0.2) is 63.1 Å². The maximum atomic E-state index is 12.1. The summed E-state index contributed by atoms with van der Waals surface area (Å²) in [4.78, 5) is 6.30. The highest BCUT2D eigenvalue weighted by Gasteiger charge is 2.40. The summed E-state index contributed by atoms with van der Waals surface area (Å²) in [6.07, 6.45) is 0.836. The molecule has 0 spiro atoms. The normalized spacial score (nSPS) is 18.8. The number of rotatable bonds is 5. The van der Waals surface area contributed by atoms with Crippen molar-refractivity contribution in [3.05, 3.63) is 29.8 Å². The Morgan fingerprint density at radius 3 is 2.54 bits per heavy atom. The second-order valence-electron chi connectivity index (χ2n) is 6.99. The minimum Gasteiger partial charge on any atom is -0.494 e. The van der Waals surface area contributed by atoms with E-state index in [1.54, 1.807) is 20.9 Å². The van der Waals surface area contributed by atoms with Gasteiger partial charge < -0.3 is 15.0 Å². The van der Waals surface area contributed by atoms with E-state index in [1.807, 2.05) is 36.1 Å². The number of aryl methyl sites for hydroxylation is 1. The molecule has 0 radical (unpaired) electrons. The number of sulfone groups is 1. The molecule has 0 unspecified atom stereocenters. The summed E-state index contributed by atoms with van der Waals surface area (Å²) in [6.45, 7) is 7.87. The van der Waals surface area contributed by atoms with Gasteiger partial charge in [-0.3, -0.25) is 4.99 Å². The number of nitrogens with zero attached hydrogens (tertiary/aromatic N) is 2. The van der Waals surface area contributed by atoms with Crippen LogP contribution < -0.4 is 10.1 Å². The fraction of sp³-hybridized carbons (Fsp3) is 0.611. The molecule has 1 aliphatic rings. The maximum absolute atomic E-state index is 12.1. The molecule has 0 atom stereocenters. The highest BCUT2D eigenvalue weighted by Crippen LogP contribution is 2.23. The number of aliphatic imine (C=N–C) groups is 1. The zero-order valence-electron chi connectivity index (χ0n) is 16.0. The minimum atomic E-state index is -3.04. The summed E-state index contributed by atoms with van der Waals surface area (Å²) in [5.41, 5.74) is 1.21. The van der Waals surface area contributed by atoms with Crippen LogP contribution in [0.1, 0.15) is 25.8 Å². The lowest BCUT2D eigenvalue weighted by Crippen LogP contribution is -2.57. The monoisotopic (exact) mass is 495 g/mol. The number of nitrogens with one attached hydrogen (secondary N) is 1. The molecule has 1 heterocycles. The molecule has 26 heavy (non-hydrogen) atoms. The Morgan fingerprint density at radius 2 is 1.96 bits per heavy atom. The van der Waals surface area contributed by atoms with Crippen molar-refractivity contribution in [1.29, 1.82) is 0 Å². The van der Waals surface area contributed by atoms with Crippen LogP contribution >= 0.6 is 24.0 Å². The third kappa shape index (κ3) is 6.00. The molecule has 0 aromatic heterocycles. The molecule has 1 aromatic rings. The predicted octanol–water partition coefficient (Wildman–Crippen LogP) is 2.47. The van der Waals surface area contributed by atoms with Crippen LogP contribution in [0.3, 0.4) is 0 Å². The van der Waals surface area contributed by atoms with Crippen molar-refractivity contribution in [2.75, 3.05) is 39.0 Å². The summed E-state index contributed by atoms with van der Waals surface area (Å²) in [7, 11) is -1.32. The van der Waals surface area contributed by atoms with Crippen molar-refractivity contribution in [2.24, 2.45) is 4.99 Å². The standard InChI is InChI=1S/C18H29N3O3S.HI/c1-15-6-8-16(9-7-15)24-12-5-10-20-17(19-4)21-11-13-25(22,23)18(2,3)14-21;/h6-9H,5,10-14H2,1-4H3,(H,19,20);1H. The molecular weight excluding hydrogens is 465 g/mol. The van der Waals surface area contributed by atoms with Crippen LogP contribution in [0, 0.1) is 6.92 Å². The Bertz CT molecular complexity index is 703. The Balaban J connectivity index is 0.00000338. The smallest absolute Gasteiger partial charge is 0.193 e. The van der Waals surface area contributed by atoms with Crippen molar-refractivity contribution in [3.8, 4) is 5.75 Å². The lowest BCUT2D eigenvalue weighted by Gasteiger charge is -2.39. The predicted molar refractivity (Wildman–Crippen MR) is 118 cm³/mol. The first-order valence-corrected chi connectivity index (χ1v) is 10.3. The molecule has 8 heteroatoms. The Kier molecular flexibility index (Phi) is 8.65. The molecule has 0 saturated carbocycles. The van der Waals surface area contributed by atoms with Gasteiger partial charge in [0.25, 0.3) is 0 Å². The van der Waals surface area contributed by atoms with Crippen molar-refractivity contribution >= 4 is 39.8 Å². The van der Waals surface area contributed by atoms with E-state index in [0.29, 0.717) is 19.7 Å². The molecule has 1 aromatic carbocycles. The fourth-order valence-corrected chi connectivity index (χ4v) is 4.12. The van der Waals surface area contributed by atoms with Gasteiger partial charge in [-0.25, -0.2) is 8.42 Å². The summed E-state index contributed by atoms with van der Waals surface area (Å²) in [5.74, 6) is 1.79. The van der Waals surface area contributed by atoms with E-state index in [2.05, 4.69) is 10.3 Å². The van der Waals surface area contributed by atoms with Gasteiger partial charge in [-0.15, -0.1) is 24.0 Å². The molecular formula is C18H30IN3O3S. The molecule has 1 saturated heterocycles. The van der Waals surface area contributed by atoms with Crippen molar-refractivity contribution in [1.82, 2.24) is 10.2 Å².